The molecule has 0 bridgehead atoms. The van der Waals surface area contributed by atoms with Gasteiger partial charge in [-0.05, 0) is 74.1 Å². The molecule has 0 saturated carbocycles. The van der Waals surface area contributed by atoms with Crippen molar-refractivity contribution in [2.75, 3.05) is 33.2 Å². The second-order valence-corrected chi connectivity index (χ2v) is 9.08. The van der Waals surface area contributed by atoms with E-state index in [1.807, 2.05) is 19.4 Å². The summed E-state index contributed by atoms with van der Waals surface area (Å²) in [6.45, 7) is 9.17. The SMILES string of the molecule is CNCCN1CCC(c2ccc3[nH]c(-c4ccnc5[nH]ncc45)c(C(C)C)c3c2)CC1.Cl. The molecule has 4 heterocycles. The van der Waals surface area contributed by atoms with Gasteiger partial charge in [0.25, 0.3) is 0 Å². The van der Waals surface area contributed by atoms with E-state index in [0.29, 0.717) is 11.8 Å². The summed E-state index contributed by atoms with van der Waals surface area (Å²) in [6, 6.07) is 9.16. The highest BCUT2D eigenvalue weighted by molar-refractivity contribution is 5.98. The number of likely N-dealkylation sites (N-methyl/N-ethyl adjacent to an activating group) is 1. The van der Waals surface area contributed by atoms with Crippen molar-refractivity contribution < 1.29 is 0 Å². The molecule has 1 aliphatic rings. The number of halogens is 1. The maximum atomic E-state index is 4.42. The molecule has 1 aliphatic heterocycles. The summed E-state index contributed by atoms with van der Waals surface area (Å²) in [5.41, 5.74) is 7.27. The topological polar surface area (TPSA) is 72.6 Å². The fourth-order valence-electron chi connectivity index (χ4n) is 5.13. The Hall–Kier alpha value is -2.41. The second kappa shape index (κ2) is 9.61. The van der Waals surface area contributed by atoms with Gasteiger partial charge in [-0.25, -0.2) is 4.98 Å². The Kier molecular flexibility index (Phi) is 6.84. The summed E-state index contributed by atoms with van der Waals surface area (Å²) in [6.07, 6.45) is 6.21. The van der Waals surface area contributed by atoms with Crippen LogP contribution in [-0.4, -0.2) is 58.3 Å². The molecule has 170 valence electrons. The molecular formula is C25H33ClN6. The van der Waals surface area contributed by atoms with Crippen LogP contribution in [0.1, 0.15) is 49.7 Å². The number of rotatable bonds is 6. The van der Waals surface area contributed by atoms with Gasteiger partial charge in [-0.1, -0.05) is 19.9 Å². The van der Waals surface area contributed by atoms with Gasteiger partial charge < -0.3 is 15.2 Å². The van der Waals surface area contributed by atoms with E-state index in [1.165, 1.54) is 53.7 Å². The number of nitrogens with one attached hydrogen (secondary N) is 3. The minimum Gasteiger partial charge on any atom is -0.354 e. The molecule has 4 aromatic rings. The predicted octanol–water partition coefficient (Wildman–Crippen LogP) is 5.05. The summed E-state index contributed by atoms with van der Waals surface area (Å²) in [4.78, 5) is 10.7. The number of aromatic amines is 2. The summed E-state index contributed by atoms with van der Waals surface area (Å²) in [5, 5.41) is 12.9. The number of pyridine rings is 1. The molecule has 0 unspecified atom stereocenters. The molecule has 3 N–H and O–H groups in total. The highest BCUT2D eigenvalue weighted by Gasteiger charge is 2.23. The van der Waals surface area contributed by atoms with Crippen LogP contribution in [0.2, 0.25) is 0 Å². The molecular weight excluding hydrogens is 420 g/mol. The van der Waals surface area contributed by atoms with Crippen LogP contribution >= 0.6 is 12.4 Å². The lowest BCUT2D eigenvalue weighted by Crippen LogP contribution is -2.37. The third-order valence-corrected chi connectivity index (χ3v) is 6.80. The smallest absolute Gasteiger partial charge is 0.155 e. The minimum atomic E-state index is 0. The van der Waals surface area contributed by atoms with Gasteiger partial charge in [0.05, 0.1) is 11.9 Å². The van der Waals surface area contributed by atoms with E-state index in [-0.39, 0.29) is 12.4 Å². The number of benzene rings is 1. The van der Waals surface area contributed by atoms with Gasteiger partial charge in [-0.3, -0.25) is 5.10 Å². The molecule has 1 fully saturated rings. The lowest BCUT2D eigenvalue weighted by molar-refractivity contribution is 0.214. The zero-order valence-electron chi connectivity index (χ0n) is 19.1. The Morgan fingerprint density at radius 1 is 1.16 bits per heavy atom. The fourth-order valence-corrected chi connectivity index (χ4v) is 5.13. The summed E-state index contributed by atoms with van der Waals surface area (Å²) >= 11 is 0. The lowest BCUT2D eigenvalue weighted by Gasteiger charge is -2.32. The standard InChI is InChI=1S/C25H32N6.ClH/c1-16(2)23-20-14-18(17-7-11-31(12-8-17)13-10-26-3)4-5-22(20)29-24(23)19-6-9-27-25-21(19)15-28-30-25;/h4-6,9,14-17,26,29H,7-8,10-13H2,1-3H3,(H,27,28,30);1H. The monoisotopic (exact) mass is 452 g/mol. The third kappa shape index (κ3) is 4.15. The quantitative estimate of drug-likeness (QED) is 0.382. The average Bonchev–Trinajstić information content (AvgIpc) is 3.42. The second-order valence-electron chi connectivity index (χ2n) is 9.08. The Bertz CT molecular complexity index is 1190. The lowest BCUT2D eigenvalue weighted by atomic mass is 9.87. The molecule has 0 radical (unpaired) electrons. The molecule has 1 saturated heterocycles. The van der Waals surface area contributed by atoms with Crippen molar-refractivity contribution in [2.45, 2.75) is 38.5 Å². The van der Waals surface area contributed by atoms with Gasteiger partial charge in [0.2, 0.25) is 0 Å². The molecule has 32 heavy (non-hydrogen) atoms. The normalized spacial score (nSPS) is 15.6. The summed E-state index contributed by atoms with van der Waals surface area (Å²) in [5.74, 6) is 1.06. The maximum Gasteiger partial charge on any atom is 0.155 e. The van der Waals surface area contributed by atoms with Crippen LogP contribution < -0.4 is 5.32 Å². The van der Waals surface area contributed by atoms with Gasteiger partial charge in [0, 0.05) is 41.1 Å². The number of piperidine rings is 1. The fraction of sp³-hybridized carbons (Fsp3) is 0.440. The van der Waals surface area contributed by atoms with Crippen molar-refractivity contribution in [2.24, 2.45) is 0 Å². The molecule has 7 heteroatoms. The number of nitrogens with zero attached hydrogens (tertiary/aromatic N) is 3. The molecule has 5 rings (SSSR count). The molecule has 0 atom stereocenters. The first kappa shape index (κ1) is 22.8. The molecule has 0 amide bonds. The van der Waals surface area contributed by atoms with E-state index in [9.17, 15) is 0 Å². The Labute approximate surface area is 195 Å². The van der Waals surface area contributed by atoms with Crippen molar-refractivity contribution in [1.29, 1.82) is 0 Å². The summed E-state index contributed by atoms with van der Waals surface area (Å²) < 4.78 is 0. The number of H-pyrrole nitrogens is 2. The van der Waals surface area contributed by atoms with Gasteiger partial charge >= 0.3 is 0 Å². The largest absolute Gasteiger partial charge is 0.354 e. The number of hydrogen-bond donors (Lipinski definition) is 3. The van der Waals surface area contributed by atoms with Crippen molar-refractivity contribution in [1.82, 2.24) is 30.4 Å². The zero-order valence-corrected chi connectivity index (χ0v) is 19.9. The molecule has 3 aromatic heterocycles. The molecule has 0 aliphatic carbocycles. The van der Waals surface area contributed by atoms with E-state index in [2.05, 4.69) is 68.5 Å². The third-order valence-electron chi connectivity index (χ3n) is 6.80. The van der Waals surface area contributed by atoms with Gasteiger partial charge in [-0.2, -0.15) is 5.10 Å². The van der Waals surface area contributed by atoms with Crippen LogP contribution in [0.15, 0.2) is 36.7 Å². The van der Waals surface area contributed by atoms with Crippen LogP contribution in [0, 0.1) is 0 Å². The van der Waals surface area contributed by atoms with Gasteiger partial charge in [0.15, 0.2) is 5.65 Å². The van der Waals surface area contributed by atoms with Crippen molar-refractivity contribution in [3.8, 4) is 11.3 Å². The number of aromatic nitrogens is 4. The zero-order chi connectivity index (χ0) is 21.4. The first-order chi connectivity index (χ1) is 15.2. The Morgan fingerprint density at radius 2 is 1.97 bits per heavy atom. The van der Waals surface area contributed by atoms with Crippen LogP contribution in [-0.2, 0) is 0 Å². The van der Waals surface area contributed by atoms with Crippen LogP contribution in [0.4, 0.5) is 0 Å². The van der Waals surface area contributed by atoms with Crippen molar-refractivity contribution >= 4 is 34.3 Å². The predicted molar refractivity (Wildman–Crippen MR) is 135 cm³/mol. The number of fused-ring (bicyclic) bond motifs is 2. The highest BCUT2D eigenvalue weighted by atomic mass is 35.5. The Morgan fingerprint density at radius 3 is 2.72 bits per heavy atom. The number of likely N-dealkylation sites (tertiary alicyclic amines) is 1. The minimum absolute atomic E-state index is 0. The van der Waals surface area contributed by atoms with E-state index in [1.54, 1.807) is 0 Å². The van der Waals surface area contributed by atoms with Crippen molar-refractivity contribution in [3.63, 3.8) is 0 Å². The van der Waals surface area contributed by atoms with E-state index in [4.69, 9.17) is 0 Å². The molecule has 6 nitrogen and oxygen atoms in total. The van der Waals surface area contributed by atoms with E-state index in [0.717, 1.165) is 29.7 Å². The van der Waals surface area contributed by atoms with Crippen LogP contribution in [0.3, 0.4) is 0 Å². The number of hydrogen-bond acceptors (Lipinski definition) is 4. The van der Waals surface area contributed by atoms with E-state index >= 15 is 0 Å². The maximum absolute atomic E-state index is 4.42. The van der Waals surface area contributed by atoms with Gasteiger partial charge in [-0.15, -0.1) is 12.4 Å². The first-order valence-electron chi connectivity index (χ1n) is 11.5. The molecule has 0 spiro atoms. The molecule has 1 aromatic carbocycles. The highest BCUT2D eigenvalue weighted by Crippen LogP contribution is 2.39. The Balaban J connectivity index is 0.00000245. The average molecular weight is 453 g/mol. The summed E-state index contributed by atoms with van der Waals surface area (Å²) in [7, 11) is 2.03. The van der Waals surface area contributed by atoms with E-state index < -0.39 is 0 Å². The van der Waals surface area contributed by atoms with Gasteiger partial charge in [0.1, 0.15) is 0 Å². The van der Waals surface area contributed by atoms with Crippen LogP contribution in [0.25, 0.3) is 33.2 Å². The van der Waals surface area contributed by atoms with Crippen LogP contribution in [0.5, 0.6) is 0 Å². The first-order valence-corrected chi connectivity index (χ1v) is 11.5. The van der Waals surface area contributed by atoms with Crippen molar-refractivity contribution in [3.05, 3.63) is 47.8 Å².